The molecule has 0 atom stereocenters. The third-order valence-electron chi connectivity index (χ3n) is 5.77. The fraction of sp³-hybridized carbons (Fsp3) is 0.280. The Morgan fingerprint density at radius 3 is 2.42 bits per heavy atom. The highest BCUT2D eigenvalue weighted by molar-refractivity contribution is 7.80. The van der Waals surface area contributed by atoms with Gasteiger partial charge in [-0.15, -0.1) is 11.3 Å². The summed E-state index contributed by atoms with van der Waals surface area (Å²) in [5, 5.41) is 5.48. The normalized spacial score (nSPS) is 14.2. The van der Waals surface area contributed by atoms with Crippen molar-refractivity contribution in [3.63, 3.8) is 0 Å². The van der Waals surface area contributed by atoms with Crippen molar-refractivity contribution in [1.29, 1.82) is 0 Å². The second kappa shape index (κ2) is 10.7. The van der Waals surface area contributed by atoms with Crippen LogP contribution < -0.4 is 5.32 Å². The number of thiocarbonyl (C=S) groups is 1. The zero-order valence-corrected chi connectivity index (χ0v) is 21.0. The Hall–Kier alpha value is -2.45. The van der Waals surface area contributed by atoms with E-state index in [1.165, 1.54) is 18.4 Å². The smallest absolute Gasteiger partial charge is 0.341 e. The van der Waals surface area contributed by atoms with Crippen LogP contribution in [0.15, 0.2) is 54.6 Å². The molecule has 0 amide bonds. The zero-order valence-electron chi connectivity index (χ0n) is 18.6. The Morgan fingerprint density at radius 2 is 1.76 bits per heavy atom. The lowest BCUT2D eigenvalue weighted by Gasteiger charge is -2.36. The van der Waals surface area contributed by atoms with Crippen molar-refractivity contribution in [1.82, 2.24) is 9.80 Å². The van der Waals surface area contributed by atoms with Gasteiger partial charge in [-0.25, -0.2) is 4.79 Å². The number of ether oxygens (including phenoxy) is 1. The number of nitrogens with zero attached hydrogens (tertiary/aromatic N) is 2. The highest BCUT2D eigenvalue weighted by atomic mass is 35.5. The number of piperazine rings is 1. The Kier molecular flexibility index (Phi) is 7.65. The van der Waals surface area contributed by atoms with Gasteiger partial charge in [0.05, 0.1) is 7.11 Å². The lowest BCUT2D eigenvalue weighted by molar-refractivity contribution is 0.0603. The number of benzene rings is 2. The van der Waals surface area contributed by atoms with Crippen LogP contribution in [0.5, 0.6) is 0 Å². The van der Waals surface area contributed by atoms with E-state index in [0.29, 0.717) is 10.7 Å². The lowest BCUT2D eigenvalue weighted by Crippen LogP contribution is -2.49. The lowest BCUT2D eigenvalue weighted by atomic mass is 10.0. The summed E-state index contributed by atoms with van der Waals surface area (Å²) in [4.78, 5) is 18.3. The van der Waals surface area contributed by atoms with Crippen molar-refractivity contribution in [2.75, 3.05) is 38.6 Å². The molecule has 2 aromatic carbocycles. The number of aryl methyl sites for hydroxylation is 1. The van der Waals surface area contributed by atoms with Gasteiger partial charge in [0.2, 0.25) is 0 Å². The molecule has 1 aliphatic rings. The molecule has 0 saturated carbocycles. The van der Waals surface area contributed by atoms with Crippen LogP contribution in [0.1, 0.15) is 20.8 Å². The van der Waals surface area contributed by atoms with Gasteiger partial charge in [-0.2, -0.15) is 0 Å². The van der Waals surface area contributed by atoms with Crippen LogP contribution in [-0.2, 0) is 11.3 Å². The van der Waals surface area contributed by atoms with Crippen LogP contribution >= 0.6 is 35.2 Å². The molecule has 2 heterocycles. The largest absolute Gasteiger partial charge is 0.465 e. The third kappa shape index (κ3) is 5.38. The van der Waals surface area contributed by atoms with Gasteiger partial charge >= 0.3 is 5.97 Å². The number of anilines is 1. The molecule has 4 rings (SSSR count). The minimum atomic E-state index is -0.368. The van der Waals surface area contributed by atoms with E-state index in [1.54, 1.807) is 0 Å². The average molecular weight is 500 g/mol. The van der Waals surface area contributed by atoms with Gasteiger partial charge in [-0.05, 0) is 36.3 Å². The van der Waals surface area contributed by atoms with E-state index in [2.05, 4.69) is 21.2 Å². The number of rotatable bonds is 5. The summed E-state index contributed by atoms with van der Waals surface area (Å²) in [6.45, 7) is 6.22. The number of thiophene rings is 1. The van der Waals surface area contributed by atoms with Crippen molar-refractivity contribution < 1.29 is 9.53 Å². The highest BCUT2D eigenvalue weighted by Gasteiger charge is 2.26. The maximum absolute atomic E-state index is 12.7. The summed E-state index contributed by atoms with van der Waals surface area (Å²) in [6, 6.07) is 17.9. The summed E-state index contributed by atoms with van der Waals surface area (Å²) < 4.78 is 5.11. The molecule has 1 fully saturated rings. The molecule has 8 heteroatoms. The Balaban J connectivity index is 1.46. The first kappa shape index (κ1) is 23.7. The second-order valence-corrected chi connectivity index (χ2v) is 9.90. The number of carbonyl (C=O) groups is 1. The molecule has 0 radical (unpaired) electrons. The minimum Gasteiger partial charge on any atom is -0.465 e. The molecule has 0 aliphatic carbocycles. The zero-order chi connectivity index (χ0) is 23.4. The second-order valence-electron chi connectivity index (χ2n) is 7.88. The first-order valence-electron chi connectivity index (χ1n) is 10.8. The van der Waals surface area contributed by atoms with Gasteiger partial charge in [-0.1, -0.05) is 60.1 Å². The fourth-order valence-corrected chi connectivity index (χ4v) is 5.64. The molecule has 172 valence electrons. The molecule has 33 heavy (non-hydrogen) atoms. The molecule has 1 saturated heterocycles. The van der Waals surface area contributed by atoms with Crippen molar-refractivity contribution in [2.24, 2.45) is 0 Å². The standard InChI is InChI=1S/C25H26ClN3O2S2/c1-17-21(18-8-4-3-5-9-18)22(24(30)31-2)23(33-17)27-25(32)29-14-12-28(13-15-29)16-19-10-6-7-11-20(19)26/h3-11H,12-16H2,1-2H3,(H,27,32). The van der Waals surface area contributed by atoms with Crippen LogP contribution in [0.4, 0.5) is 5.00 Å². The molecule has 0 bridgehead atoms. The van der Waals surface area contributed by atoms with Gasteiger partial charge in [-0.3, -0.25) is 4.90 Å². The molecular weight excluding hydrogens is 474 g/mol. The molecule has 0 unspecified atom stereocenters. The number of nitrogens with one attached hydrogen (secondary N) is 1. The van der Waals surface area contributed by atoms with E-state index >= 15 is 0 Å². The Bertz CT molecular complexity index is 1140. The van der Waals surface area contributed by atoms with E-state index in [9.17, 15) is 4.79 Å². The number of hydrogen-bond donors (Lipinski definition) is 1. The Labute approximate surface area is 208 Å². The van der Waals surface area contributed by atoms with Crippen molar-refractivity contribution in [3.05, 3.63) is 75.6 Å². The monoisotopic (exact) mass is 499 g/mol. The van der Waals surface area contributed by atoms with E-state index in [-0.39, 0.29) is 5.97 Å². The van der Waals surface area contributed by atoms with Gasteiger partial charge in [0.25, 0.3) is 0 Å². The minimum absolute atomic E-state index is 0.368. The first-order valence-corrected chi connectivity index (χ1v) is 12.4. The van der Waals surface area contributed by atoms with Crippen LogP contribution in [0.3, 0.4) is 0 Å². The van der Waals surface area contributed by atoms with Gasteiger partial charge < -0.3 is 15.0 Å². The van der Waals surface area contributed by atoms with Crippen LogP contribution in [0.2, 0.25) is 5.02 Å². The molecule has 1 aromatic heterocycles. The summed E-state index contributed by atoms with van der Waals surface area (Å²) in [5.41, 5.74) is 3.55. The number of hydrogen-bond acceptors (Lipinski definition) is 5. The molecule has 0 spiro atoms. The molecule has 1 aliphatic heterocycles. The summed E-state index contributed by atoms with van der Waals surface area (Å²) in [7, 11) is 1.41. The van der Waals surface area contributed by atoms with Crippen molar-refractivity contribution in [3.8, 4) is 11.1 Å². The van der Waals surface area contributed by atoms with Crippen LogP contribution in [-0.4, -0.2) is 54.2 Å². The van der Waals surface area contributed by atoms with Crippen molar-refractivity contribution >= 4 is 51.2 Å². The number of methoxy groups -OCH3 is 1. The average Bonchev–Trinajstić information content (AvgIpc) is 3.16. The number of esters is 1. The van der Waals surface area contributed by atoms with E-state index in [0.717, 1.165) is 64.3 Å². The van der Waals surface area contributed by atoms with Crippen LogP contribution in [0.25, 0.3) is 11.1 Å². The number of halogens is 1. The molecule has 1 N–H and O–H groups in total. The topological polar surface area (TPSA) is 44.8 Å². The van der Waals surface area contributed by atoms with Crippen molar-refractivity contribution in [2.45, 2.75) is 13.5 Å². The van der Waals surface area contributed by atoms with E-state index < -0.39 is 0 Å². The third-order valence-corrected chi connectivity index (χ3v) is 7.52. The molecule has 5 nitrogen and oxygen atoms in total. The molecular formula is C25H26ClN3O2S2. The van der Waals surface area contributed by atoms with Gasteiger partial charge in [0.15, 0.2) is 5.11 Å². The maximum atomic E-state index is 12.7. The highest BCUT2D eigenvalue weighted by Crippen LogP contribution is 2.40. The maximum Gasteiger partial charge on any atom is 0.341 e. The first-order chi connectivity index (χ1) is 16.0. The Morgan fingerprint density at radius 1 is 1.09 bits per heavy atom. The summed E-state index contributed by atoms with van der Waals surface area (Å²) in [6.07, 6.45) is 0. The molecule has 3 aromatic rings. The summed E-state index contributed by atoms with van der Waals surface area (Å²) >= 11 is 13.6. The quantitative estimate of drug-likeness (QED) is 0.360. The SMILES string of the molecule is COC(=O)c1c(NC(=S)N2CCN(Cc3ccccc3Cl)CC2)sc(C)c1-c1ccccc1. The predicted molar refractivity (Wildman–Crippen MR) is 140 cm³/mol. The van der Waals surface area contributed by atoms with Gasteiger partial charge in [0, 0.05) is 48.2 Å². The van der Waals surface area contributed by atoms with E-state index in [4.69, 9.17) is 28.6 Å². The van der Waals surface area contributed by atoms with Gasteiger partial charge in [0.1, 0.15) is 10.6 Å². The summed E-state index contributed by atoms with van der Waals surface area (Å²) in [5.74, 6) is -0.368. The fourth-order valence-electron chi connectivity index (χ4n) is 4.03. The van der Waals surface area contributed by atoms with Crippen LogP contribution in [0, 0.1) is 6.92 Å². The van der Waals surface area contributed by atoms with E-state index in [1.807, 2.05) is 55.5 Å². The predicted octanol–water partition coefficient (Wildman–Crippen LogP) is 5.68. The number of carbonyl (C=O) groups excluding carboxylic acids is 1.